The van der Waals surface area contributed by atoms with Crippen molar-refractivity contribution in [1.29, 1.82) is 0 Å². The highest BCUT2D eigenvalue weighted by atomic mass is 32.1. The average molecular weight is 450 g/mol. The molecule has 0 saturated carbocycles. The lowest BCUT2D eigenvalue weighted by Crippen LogP contribution is -2.24. The van der Waals surface area contributed by atoms with Gasteiger partial charge in [0.25, 0.3) is 5.91 Å². The molecule has 0 unspecified atom stereocenters. The highest BCUT2D eigenvalue weighted by Gasteiger charge is 2.11. The third-order valence-electron chi connectivity index (χ3n) is 5.19. The number of thiophene rings is 1. The van der Waals surface area contributed by atoms with Crippen molar-refractivity contribution in [2.45, 2.75) is 25.8 Å². The Morgan fingerprint density at radius 2 is 1.84 bits per heavy atom. The van der Waals surface area contributed by atoms with Crippen LogP contribution < -0.4 is 14.8 Å². The Labute approximate surface area is 191 Å². The van der Waals surface area contributed by atoms with Gasteiger partial charge in [0.15, 0.2) is 11.5 Å². The summed E-state index contributed by atoms with van der Waals surface area (Å²) in [5.74, 6) is 2.52. The molecule has 4 rings (SSSR count). The number of hydrogen-bond donors (Lipinski definition) is 1. The van der Waals surface area contributed by atoms with E-state index in [9.17, 15) is 4.79 Å². The Balaban J connectivity index is 1.34. The molecule has 0 aliphatic carbocycles. The van der Waals surface area contributed by atoms with E-state index in [-0.39, 0.29) is 5.91 Å². The van der Waals surface area contributed by atoms with Gasteiger partial charge >= 0.3 is 0 Å². The first-order chi connectivity index (χ1) is 15.8. The minimum atomic E-state index is -0.0120. The van der Waals surface area contributed by atoms with Crippen molar-refractivity contribution in [3.63, 3.8) is 0 Å². The number of aromatic nitrogens is 2. The van der Waals surface area contributed by atoms with Crippen molar-refractivity contribution in [2.75, 3.05) is 20.3 Å². The smallest absolute Gasteiger partial charge is 0.261 e. The van der Waals surface area contributed by atoms with Gasteiger partial charge in [0.2, 0.25) is 0 Å². The molecule has 7 heteroatoms. The Kier molecular flexibility index (Phi) is 7.40. The Morgan fingerprint density at radius 1 is 1.03 bits per heavy atom. The molecule has 0 atom stereocenters. The van der Waals surface area contributed by atoms with Gasteiger partial charge in [-0.2, -0.15) is 0 Å². The molecule has 4 aromatic rings. The summed E-state index contributed by atoms with van der Waals surface area (Å²) in [7, 11) is 1.65. The lowest BCUT2D eigenvalue weighted by atomic mass is 10.2. The number of rotatable bonds is 11. The van der Waals surface area contributed by atoms with Gasteiger partial charge in [0.1, 0.15) is 5.82 Å². The van der Waals surface area contributed by atoms with Crippen molar-refractivity contribution >= 4 is 28.3 Å². The zero-order valence-corrected chi connectivity index (χ0v) is 18.9. The summed E-state index contributed by atoms with van der Waals surface area (Å²) < 4.78 is 13.6. The first-order valence-corrected chi connectivity index (χ1v) is 11.7. The molecule has 2 aromatic heterocycles. The van der Waals surface area contributed by atoms with E-state index in [4.69, 9.17) is 14.5 Å². The number of ether oxygens (including phenoxy) is 2. The number of nitrogens with one attached hydrogen (secondary N) is 1. The Bertz CT molecular complexity index is 1150. The molecule has 0 spiro atoms. The van der Waals surface area contributed by atoms with Crippen molar-refractivity contribution < 1.29 is 14.3 Å². The molecule has 1 amide bonds. The number of carbonyl (C=O) groups excluding carboxylic acids is 1. The number of hydrogen-bond acceptors (Lipinski definition) is 5. The van der Waals surface area contributed by atoms with Crippen LogP contribution in [0.3, 0.4) is 0 Å². The second-order valence-electron chi connectivity index (χ2n) is 7.36. The molecule has 166 valence electrons. The summed E-state index contributed by atoms with van der Waals surface area (Å²) in [6, 6.07) is 19.6. The lowest BCUT2D eigenvalue weighted by molar-refractivity contribution is 0.0957. The third-order valence-corrected chi connectivity index (χ3v) is 6.06. The maximum Gasteiger partial charge on any atom is 0.261 e. The molecule has 0 fully saturated rings. The highest BCUT2D eigenvalue weighted by Crippen LogP contribution is 2.26. The molecule has 0 radical (unpaired) electrons. The van der Waals surface area contributed by atoms with Crippen LogP contribution in [-0.2, 0) is 13.0 Å². The van der Waals surface area contributed by atoms with Gasteiger partial charge < -0.3 is 19.4 Å². The second-order valence-corrected chi connectivity index (χ2v) is 8.31. The normalized spacial score (nSPS) is 10.9. The monoisotopic (exact) mass is 449 g/mol. The maximum atomic E-state index is 12.1. The number of methoxy groups -OCH3 is 1. The summed E-state index contributed by atoms with van der Waals surface area (Å²) in [6.07, 6.45) is 2.48. The molecule has 2 aromatic carbocycles. The van der Waals surface area contributed by atoms with Crippen LogP contribution in [0.2, 0.25) is 0 Å². The van der Waals surface area contributed by atoms with E-state index in [1.165, 1.54) is 11.3 Å². The standard InChI is InChI=1S/C25H27N3O3S/c1-30-21-11-4-5-12-22(21)31-17-8-16-28-20-10-3-2-9-19(20)27-24(28)14-6-15-26-25(29)23-13-7-18-32-23/h2-5,7,9-13,18H,6,8,14-17H2,1H3,(H,26,29). The van der Waals surface area contributed by atoms with E-state index in [1.54, 1.807) is 7.11 Å². The summed E-state index contributed by atoms with van der Waals surface area (Å²) in [5.41, 5.74) is 2.12. The zero-order chi connectivity index (χ0) is 22.2. The summed E-state index contributed by atoms with van der Waals surface area (Å²) >= 11 is 1.45. The first-order valence-electron chi connectivity index (χ1n) is 10.8. The van der Waals surface area contributed by atoms with Crippen LogP contribution in [0.15, 0.2) is 66.0 Å². The van der Waals surface area contributed by atoms with Gasteiger partial charge in [0.05, 0.1) is 29.6 Å². The van der Waals surface area contributed by atoms with Crippen LogP contribution in [0.4, 0.5) is 0 Å². The van der Waals surface area contributed by atoms with Crippen molar-refractivity contribution in [3.8, 4) is 11.5 Å². The molecule has 0 aliphatic rings. The molecule has 1 N–H and O–H groups in total. The average Bonchev–Trinajstić information content (AvgIpc) is 3.48. The van der Waals surface area contributed by atoms with Crippen LogP contribution in [-0.4, -0.2) is 35.7 Å². The van der Waals surface area contributed by atoms with E-state index in [0.29, 0.717) is 13.2 Å². The van der Waals surface area contributed by atoms with Crippen molar-refractivity contribution in [3.05, 3.63) is 76.7 Å². The molecule has 2 heterocycles. The van der Waals surface area contributed by atoms with Gasteiger partial charge in [-0.3, -0.25) is 4.79 Å². The molecule has 0 bridgehead atoms. The summed E-state index contributed by atoms with van der Waals surface area (Å²) in [5, 5.41) is 4.90. The van der Waals surface area contributed by atoms with Crippen molar-refractivity contribution in [2.24, 2.45) is 0 Å². The quantitative estimate of drug-likeness (QED) is 0.330. The number of carbonyl (C=O) groups is 1. The van der Waals surface area contributed by atoms with Crippen LogP contribution in [0.1, 0.15) is 28.3 Å². The zero-order valence-electron chi connectivity index (χ0n) is 18.1. The minimum Gasteiger partial charge on any atom is -0.493 e. The fourth-order valence-electron chi connectivity index (χ4n) is 3.65. The number of imidazole rings is 1. The number of para-hydroxylation sites is 4. The lowest BCUT2D eigenvalue weighted by Gasteiger charge is -2.12. The van der Waals surface area contributed by atoms with Gasteiger partial charge in [0, 0.05) is 19.5 Å². The van der Waals surface area contributed by atoms with Crippen molar-refractivity contribution in [1.82, 2.24) is 14.9 Å². The predicted molar refractivity (Wildman–Crippen MR) is 128 cm³/mol. The SMILES string of the molecule is COc1ccccc1OCCCn1c(CCCNC(=O)c2cccs2)nc2ccccc21. The van der Waals surface area contributed by atoms with E-state index < -0.39 is 0 Å². The van der Waals surface area contributed by atoms with Crippen LogP contribution in [0.25, 0.3) is 11.0 Å². The molecule has 6 nitrogen and oxygen atoms in total. The summed E-state index contributed by atoms with van der Waals surface area (Å²) in [6.45, 7) is 2.02. The molecule has 32 heavy (non-hydrogen) atoms. The second kappa shape index (κ2) is 10.8. The fourth-order valence-corrected chi connectivity index (χ4v) is 4.29. The topological polar surface area (TPSA) is 65.4 Å². The van der Waals surface area contributed by atoms with E-state index in [0.717, 1.165) is 59.0 Å². The molecule has 0 aliphatic heterocycles. The van der Waals surface area contributed by atoms with E-state index in [1.807, 2.05) is 60.0 Å². The third kappa shape index (κ3) is 5.29. The number of fused-ring (bicyclic) bond motifs is 1. The molecule has 0 saturated heterocycles. The Hall–Kier alpha value is -3.32. The van der Waals surface area contributed by atoms with Gasteiger partial charge in [-0.1, -0.05) is 30.3 Å². The van der Waals surface area contributed by atoms with Gasteiger partial charge in [-0.05, 0) is 48.6 Å². The van der Waals surface area contributed by atoms with Crippen LogP contribution in [0.5, 0.6) is 11.5 Å². The van der Waals surface area contributed by atoms with E-state index in [2.05, 4.69) is 16.0 Å². The highest BCUT2D eigenvalue weighted by molar-refractivity contribution is 7.12. The van der Waals surface area contributed by atoms with Gasteiger partial charge in [-0.15, -0.1) is 11.3 Å². The van der Waals surface area contributed by atoms with Gasteiger partial charge in [-0.25, -0.2) is 4.98 Å². The molecular formula is C25H27N3O3S. The number of benzene rings is 2. The maximum absolute atomic E-state index is 12.1. The predicted octanol–water partition coefficient (Wildman–Crippen LogP) is 4.94. The largest absolute Gasteiger partial charge is 0.493 e. The van der Waals surface area contributed by atoms with Crippen LogP contribution >= 0.6 is 11.3 Å². The number of nitrogens with zero attached hydrogens (tertiary/aromatic N) is 2. The first kappa shape index (κ1) is 21.9. The fraction of sp³-hybridized carbons (Fsp3) is 0.280. The van der Waals surface area contributed by atoms with Crippen LogP contribution in [0, 0.1) is 0 Å². The minimum absolute atomic E-state index is 0.0120. The number of amides is 1. The molecular weight excluding hydrogens is 422 g/mol. The van der Waals surface area contributed by atoms with E-state index >= 15 is 0 Å². The number of aryl methyl sites for hydroxylation is 2. The Morgan fingerprint density at radius 3 is 2.66 bits per heavy atom. The summed E-state index contributed by atoms with van der Waals surface area (Å²) in [4.78, 5) is 17.7.